The smallest absolute Gasteiger partial charge is 0.223 e. The molecule has 2 aliphatic heterocycles. The fourth-order valence-corrected chi connectivity index (χ4v) is 3.99. The highest BCUT2D eigenvalue weighted by atomic mass is 16.5. The standard InChI is InChI=1S/C21H33N3O2/c1-26-20-6-4-18(5-7-20)2-3-19-8-13-23(14-9-19)15-10-21(25)24-16-11-22-12-17-24/h4-7,19,22H,2-3,8-17H2,1H3. The lowest BCUT2D eigenvalue weighted by atomic mass is 9.90. The van der Waals surface area contributed by atoms with Gasteiger partial charge in [0.1, 0.15) is 5.75 Å². The van der Waals surface area contributed by atoms with E-state index in [-0.39, 0.29) is 0 Å². The number of nitrogens with one attached hydrogen (secondary N) is 1. The zero-order valence-corrected chi connectivity index (χ0v) is 16.1. The number of hydrogen-bond donors (Lipinski definition) is 1. The van der Waals surface area contributed by atoms with Crippen LogP contribution in [0.4, 0.5) is 0 Å². The Kier molecular flexibility index (Phi) is 7.32. The van der Waals surface area contributed by atoms with Crippen LogP contribution in [-0.2, 0) is 11.2 Å². The highest BCUT2D eigenvalue weighted by Gasteiger charge is 2.21. The minimum absolute atomic E-state index is 0.327. The summed E-state index contributed by atoms with van der Waals surface area (Å²) < 4.78 is 5.22. The number of rotatable bonds is 7. The molecule has 0 saturated carbocycles. The molecular formula is C21H33N3O2. The molecule has 2 aliphatic rings. The Labute approximate surface area is 157 Å². The topological polar surface area (TPSA) is 44.8 Å². The summed E-state index contributed by atoms with van der Waals surface area (Å²) in [6.45, 7) is 6.81. The van der Waals surface area contributed by atoms with Crippen molar-refractivity contribution >= 4 is 5.91 Å². The molecule has 5 heteroatoms. The van der Waals surface area contributed by atoms with E-state index >= 15 is 0 Å². The minimum Gasteiger partial charge on any atom is -0.497 e. The van der Waals surface area contributed by atoms with E-state index in [0.29, 0.717) is 12.3 Å². The Balaban J connectivity index is 1.31. The number of nitrogens with zero attached hydrogens (tertiary/aromatic N) is 2. The van der Waals surface area contributed by atoms with Crippen LogP contribution in [0.5, 0.6) is 5.75 Å². The third-order valence-corrected chi connectivity index (χ3v) is 5.82. The van der Waals surface area contributed by atoms with Gasteiger partial charge in [0, 0.05) is 39.1 Å². The van der Waals surface area contributed by atoms with Crippen LogP contribution < -0.4 is 10.1 Å². The first-order chi connectivity index (χ1) is 12.7. The maximum Gasteiger partial charge on any atom is 0.223 e. The first kappa shape index (κ1) is 19.2. The maximum absolute atomic E-state index is 12.3. The summed E-state index contributed by atoms with van der Waals surface area (Å²) >= 11 is 0. The van der Waals surface area contributed by atoms with Crippen molar-refractivity contribution in [1.29, 1.82) is 0 Å². The van der Waals surface area contributed by atoms with Crippen molar-refractivity contribution < 1.29 is 9.53 Å². The summed E-state index contributed by atoms with van der Waals surface area (Å²) in [6.07, 6.45) is 5.61. The zero-order chi connectivity index (χ0) is 18.2. The van der Waals surface area contributed by atoms with E-state index in [9.17, 15) is 4.79 Å². The number of ether oxygens (including phenoxy) is 1. The largest absolute Gasteiger partial charge is 0.497 e. The molecule has 144 valence electrons. The number of piperidine rings is 1. The average molecular weight is 360 g/mol. The molecule has 0 unspecified atom stereocenters. The lowest BCUT2D eigenvalue weighted by molar-refractivity contribution is -0.132. The maximum atomic E-state index is 12.3. The lowest BCUT2D eigenvalue weighted by Gasteiger charge is -2.33. The summed E-state index contributed by atoms with van der Waals surface area (Å²) in [6, 6.07) is 8.45. The molecule has 5 nitrogen and oxygen atoms in total. The number of benzene rings is 1. The Morgan fingerprint density at radius 2 is 1.81 bits per heavy atom. The van der Waals surface area contributed by atoms with Gasteiger partial charge in [-0.1, -0.05) is 12.1 Å². The Bertz CT molecular complexity index is 547. The van der Waals surface area contributed by atoms with Crippen molar-refractivity contribution in [3.05, 3.63) is 29.8 Å². The van der Waals surface area contributed by atoms with Crippen LogP contribution in [0.25, 0.3) is 0 Å². The second-order valence-electron chi connectivity index (χ2n) is 7.55. The summed E-state index contributed by atoms with van der Waals surface area (Å²) in [5.74, 6) is 2.07. The SMILES string of the molecule is COc1ccc(CCC2CCN(CCC(=O)N3CCNCC3)CC2)cc1. The highest BCUT2D eigenvalue weighted by Crippen LogP contribution is 2.23. The molecule has 0 bridgehead atoms. The lowest BCUT2D eigenvalue weighted by Crippen LogP contribution is -2.47. The van der Waals surface area contributed by atoms with Gasteiger partial charge in [0.25, 0.3) is 0 Å². The van der Waals surface area contributed by atoms with Gasteiger partial charge in [-0.15, -0.1) is 0 Å². The molecule has 2 saturated heterocycles. The Hall–Kier alpha value is -1.59. The van der Waals surface area contributed by atoms with Crippen molar-refractivity contribution in [1.82, 2.24) is 15.1 Å². The van der Waals surface area contributed by atoms with Gasteiger partial charge in [-0.05, 0) is 62.4 Å². The van der Waals surface area contributed by atoms with Crippen LogP contribution in [0.3, 0.4) is 0 Å². The summed E-state index contributed by atoms with van der Waals surface area (Å²) in [7, 11) is 1.71. The van der Waals surface area contributed by atoms with Crippen LogP contribution in [0.2, 0.25) is 0 Å². The van der Waals surface area contributed by atoms with E-state index in [1.807, 2.05) is 17.0 Å². The van der Waals surface area contributed by atoms with Crippen LogP contribution in [0.15, 0.2) is 24.3 Å². The van der Waals surface area contributed by atoms with Gasteiger partial charge >= 0.3 is 0 Å². The summed E-state index contributed by atoms with van der Waals surface area (Å²) in [4.78, 5) is 16.8. The van der Waals surface area contributed by atoms with E-state index in [4.69, 9.17) is 4.74 Å². The van der Waals surface area contributed by atoms with Gasteiger partial charge < -0.3 is 19.9 Å². The number of amides is 1. The molecule has 3 rings (SSSR count). The number of carbonyl (C=O) groups excluding carboxylic acids is 1. The van der Waals surface area contributed by atoms with E-state index in [2.05, 4.69) is 22.3 Å². The van der Waals surface area contributed by atoms with Crippen molar-refractivity contribution in [2.24, 2.45) is 5.92 Å². The predicted octanol–water partition coefficient (Wildman–Crippen LogP) is 2.16. The third kappa shape index (κ3) is 5.71. The molecule has 26 heavy (non-hydrogen) atoms. The van der Waals surface area contributed by atoms with Gasteiger partial charge in [0.15, 0.2) is 0 Å². The second-order valence-corrected chi connectivity index (χ2v) is 7.55. The number of likely N-dealkylation sites (tertiary alicyclic amines) is 1. The Morgan fingerprint density at radius 3 is 2.46 bits per heavy atom. The number of hydrogen-bond acceptors (Lipinski definition) is 4. The molecule has 0 spiro atoms. The first-order valence-electron chi connectivity index (χ1n) is 10.1. The molecule has 0 aliphatic carbocycles. The monoisotopic (exact) mass is 359 g/mol. The second kappa shape index (κ2) is 9.93. The first-order valence-corrected chi connectivity index (χ1v) is 10.1. The van der Waals surface area contributed by atoms with Crippen molar-refractivity contribution in [2.75, 3.05) is 52.9 Å². The number of carbonyl (C=O) groups is 1. The number of piperazine rings is 1. The fraction of sp³-hybridized carbons (Fsp3) is 0.667. The Morgan fingerprint density at radius 1 is 1.12 bits per heavy atom. The van der Waals surface area contributed by atoms with Crippen LogP contribution in [0.1, 0.15) is 31.2 Å². The molecule has 1 aromatic carbocycles. The van der Waals surface area contributed by atoms with Gasteiger partial charge in [-0.25, -0.2) is 0 Å². The molecular weight excluding hydrogens is 326 g/mol. The normalized spacial score (nSPS) is 19.5. The van der Waals surface area contributed by atoms with Gasteiger partial charge in [-0.3, -0.25) is 4.79 Å². The van der Waals surface area contributed by atoms with Crippen molar-refractivity contribution in [2.45, 2.75) is 32.1 Å². The predicted molar refractivity (Wildman–Crippen MR) is 105 cm³/mol. The summed E-state index contributed by atoms with van der Waals surface area (Å²) in [5.41, 5.74) is 1.40. The molecule has 0 radical (unpaired) electrons. The third-order valence-electron chi connectivity index (χ3n) is 5.82. The van der Waals surface area contributed by atoms with Gasteiger partial charge in [0.05, 0.1) is 7.11 Å². The summed E-state index contributed by atoms with van der Waals surface area (Å²) in [5, 5.41) is 3.30. The van der Waals surface area contributed by atoms with Gasteiger partial charge in [0.2, 0.25) is 5.91 Å². The zero-order valence-electron chi connectivity index (χ0n) is 16.1. The van der Waals surface area contributed by atoms with E-state index < -0.39 is 0 Å². The van der Waals surface area contributed by atoms with Crippen LogP contribution in [-0.4, -0.2) is 68.6 Å². The molecule has 2 fully saturated rings. The van der Waals surface area contributed by atoms with Crippen molar-refractivity contribution in [3.63, 3.8) is 0 Å². The van der Waals surface area contributed by atoms with Gasteiger partial charge in [-0.2, -0.15) is 0 Å². The number of methoxy groups -OCH3 is 1. The quantitative estimate of drug-likeness (QED) is 0.810. The molecule has 0 atom stereocenters. The van der Waals surface area contributed by atoms with Crippen molar-refractivity contribution in [3.8, 4) is 5.75 Å². The molecule has 1 N–H and O–H groups in total. The minimum atomic E-state index is 0.327. The fourth-order valence-electron chi connectivity index (χ4n) is 3.99. The van der Waals surface area contributed by atoms with Crippen LogP contribution >= 0.6 is 0 Å². The molecule has 1 aromatic rings. The molecule has 2 heterocycles. The average Bonchev–Trinajstić information content (AvgIpc) is 2.72. The number of aryl methyl sites for hydroxylation is 1. The van der Waals surface area contributed by atoms with Crippen LogP contribution in [0, 0.1) is 5.92 Å². The van der Waals surface area contributed by atoms with E-state index in [0.717, 1.165) is 63.9 Å². The molecule has 1 amide bonds. The molecule has 0 aromatic heterocycles. The highest BCUT2D eigenvalue weighted by molar-refractivity contribution is 5.76. The van der Waals surface area contributed by atoms with E-state index in [1.54, 1.807) is 7.11 Å². The van der Waals surface area contributed by atoms with E-state index in [1.165, 1.54) is 24.8 Å².